The Labute approximate surface area is 262 Å². The molecular formula is C31H34BrN9O3. The number of ether oxygens (including phenoxy) is 2. The fraction of sp³-hybridized carbons (Fsp3) is 0.355. The molecule has 2 aliphatic rings. The lowest BCUT2D eigenvalue weighted by atomic mass is 10.0. The van der Waals surface area contributed by atoms with E-state index in [2.05, 4.69) is 55.1 Å². The van der Waals surface area contributed by atoms with Gasteiger partial charge in [-0.1, -0.05) is 22.0 Å². The Morgan fingerprint density at radius 2 is 1.91 bits per heavy atom. The van der Waals surface area contributed by atoms with Crippen LogP contribution < -0.4 is 20.5 Å². The number of anilines is 2. The highest BCUT2D eigenvalue weighted by atomic mass is 79.9. The highest BCUT2D eigenvalue weighted by Gasteiger charge is 2.29. The van der Waals surface area contributed by atoms with Gasteiger partial charge in [0.25, 0.3) is 5.91 Å². The Bertz CT molecular complexity index is 1890. The molecule has 0 aliphatic carbocycles. The average Bonchev–Trinajstić information content (AvgIpc) is 3.74. The molecule has 0 unspecified atom stereocenters. The number of piperidine rings is 1. The molecule has 1 saturated heterocycles. The van der Waals surface area contributed by atoms with Gasteiger partial charge in [0.1, 0.15) is 23.5 Å². The van der Waals surface area contributed by atoms with Crippen LogP contribution in [0.15, 0.2) is 47.2 Å². The molecule has 0 atom stereocenters. The fourth-order valence-electron chi connectivity index (χ4n) is 6.28. The van der Waals surface area contributed by atoms with E-state index in [1.54, 1.807) is 6.07 Å². The normalized spacial score (nSPS) is 15.6. The summed E-state index contributed by atoms with van der Waals surface area (Å²) in [5.74, 6) is 1.01. The van der Waals surface area contributed by atoms with Gasteiger partial charge in [-0.3, -0.25) is 4.79 Å². The molecule has 13 heteroatoms. The molecule has 0 radical (unpaired) electrons. The standard InChI is InChI=1S/C31H34BrN9O3/c1-38(2)18-9-11-40(12-10-18)13-14-41-30-25(29(33)34-16-35-30)26(37-41)19-7-8-22(28-27(19)43-17-44-28)36-31(42)24-15-20-21(32)5-4-6-23(20)39(24)3/h4-8,15-16,18H,9-14,17H2,1-3H3,(H,36,42)(H2,33,34,35). The average molecular weight is 661 g/mol. The van der Waals surface area contributed by atoms with Crippen molar-refractivity contribution in [1.29, 1.82) is 0 Å². The van der Waals surface area contributed by atoms with Crippen LogP contribution in [0.4, 0.5) is 11.5 Å². The van der Waals surface area contributed by atoms with Crippen molar-refractivity contribution in [2.24, 2.45) is 7.05 Å². The van der Waals surface area contributed by atoms with E-state index in [-0.39, 0.29) is 12.7 Å². The number of nitrogen functional groups attached to an aromatic ring is 1. The Kier molecular flexibility index (Phi) is 7.39. The third-order valence-corrected chi connectivity index (χ3v) is 9.45. The van der Waals surface area contributed by atoms with Gasteiger partial charge in [-0.15, -0.1) is 0 Å². The lowest BCUT2D eigenvalue weighted by molar-refractivity contribution is 0.101. The number of nitrogens with zero attached hydrogens (tertiary/aromatic N) is 7. The number of amides is 1. The first-order valence-electron chi connectivity index (χ1n) is 14.6. The number of hydrogen-bond donors (Lipinski definition) is 2. The van der Waals surface area contributed by atoms with E-state index in [4.69, 9.17) is 20.3 Å². The van der Waals surface area contributed by atoms with Gasteiger partial charge in [-0.05, 0) is 70.4 Å². The molecule has 0 spiro atoms. The maximum Gasteiger partial charge on any atom is 0.272 e. The van der Waals surface area contributed by atoms with E-state index < -0.39 is 0 Å². The minimum atomic E-state index is -0.261. The molecule has 1 amide bonds. The van der Waals surface area contributed by atoms with Crippen LogP contribution in [0.3, 0.4) is 0 Å². The number of rotatable bonds is 7. The van der Waals surface area contributed by atoms with Gasteiger partial charge in [-0.25, -0.2) is 14.6 Å². The van der Waals surface area contributed by atoms with E-state index in [9.17, 15) is 4.79 Å². The minimum absolute atomic E-state index is 0.0176. The lowest BCUT2D eigenvalue weighted by Crippen LogP contribution is -2.42. The summed E-state index contributed by atoms with van der Waals surface area (Å²) in [7, 11) is 6.17. The van der Waals surface area contributed by atoms with Crippen molar-refractivity contribution in [2.75, 3.05) is 51.6 Å². The summed E-state index contributed by atoms with van der Waals surface area (Å²) in [6.45, 7) is 3.63. The van der Waals surface area contributed by atoms with E-state index in [0.717, 1.165) is 47.9 Å². The molecule has 12 nitrogen and oxygen atoms in total. The summed E-state index contributed by atoms with van der Waals surface area (Å²) in [5.41, 5.74) is 10.3. The second-order valence-corrected chi connectivity index (χ2v) is 12.4. The Hall–Kier alpha value is -4.20. The number of carbonyl (C=O) groups is 1. The molecule has 0 bridgehead atoms. The van der Waals surface area contributed by atoms with Crippen LogP contribution in [0.5, 0.6) is 11.5 Å². The third-order valence-electron chi connectivity index (χ3n) is 8.76. The number of nitrogens with two attached hydrogens (primary N) is 1. The highest BCUT2D eigenvalue weighted by molar-refractivity contribution is 9.10. The first kappa shape index (κ1) is 28.6. The summed E-state index contributed by atoms with van der Waals surface area (Å²) in [5, 5.41) is 9.61. The zero-order chi connectivity index (χ0) is 30.5. The molecule has 228 valence electrons. The summed E-state index contributed by atoms with van der Waals surface area (Å²) in [6, 6.07) is 12.0. The number of aromatic nitrogens is 5. The maximum atomic E-state index is 13.4. The minimum Gasteiger partial charge on any atom is -0.453 e. The van der Waals surface area contributed by atoms with Crippen molar-refractivity contribution in [1.82, 2.24) is 34.1 Å². The predicted octanol–water partition coefficient (Wildman–Crippen LogP) is 4.34. The van der Waals surface area contributed by atoms with Crippen molar-refractivity contribution in [3.63, 3.8) is 0 Å². The van der Waals surface area contributed by atoms with Crippen LogP contribution in [0, 0.1) is 0 Å². The number of nitrogens with one attached hydrogen (secondary N) is 1. The van der Waals surface area contributed by atoms with Gasteiger partial charge >= 0.3 is 0 Å². The second-order valence-electron chi connectivity index (χ2n) is 11.5. The highest BCUT2D eigenvalue weighted by Crippen LogP contribution is 2.48. The maximum absolute atomic E-state index is 13.4. The molecule has 2 aromatic carbocycles. The predicted molar refractivity (Wildman–Crippen MR) is 173 cm³/mol. The van der Waals surface area contributed by atoms with Crippen molar-refractivity contribution >= 4 is 55.3 Å². The topological polar surface area (TPSA) is 129 Å². The summed E-state index contributed by atoms with van der Waals surface area (Å²) in [6.07, 6.45) is 3.77. The van der Waals surface area contributed by atoms with Crippen molar-refractivity contribution in [3.05, 3.63) is 52.9 Å². The number of carbonyl (C=O) groups excluding carboxylic acids is 1. The van der Waals surface area contributed by atoms with E-state index in [0.29, 0.717) is 63.6 Å². The second kappa shape index (κ2) is 11.4. The zero-order valence-corrected chi connectivity index (χ0v) is 26.5. The number of aryl methyl sites for hydroxylation is 1. The van der Waals surface area contributed by atoms with Crippen molar-refractivity contribution in [3.8, 4) is 22.8 Å². The van der Waals surface area contributed by atoms with E-state index in [1.165, 1.54) is 6.33 Å². The molecule has 1 fully saturated rings. The number of hydrogen-bond acceptors (Lipinski definition) is 9. The molecule has 7 rings (SSSR count). The molecule has 44 heavy (non-hydrogen) atoms. The smallest absolute Gasteiger partial charge is 0.272 e. The van der Waals surface area contributed by atoms with E-state index in [1.807, 2.05) is 46.6 Å². The summed E-state index contributed by atoms with van der Waals surface area (Å²) in [4.78, 5) is 27.0. The summed E-state index contributed by atoms with van der Waals surface area (Å²) < 4.78 is 16.5. The molecule has 0 saturated carbocycles. The number of halogens is 1. The van der Waals surface area contributed by atoms with E-state index >= 15 is 0 Å². The molecule has 3 N–H and O–H groups in total. The molecule has 2 aliphatic heterocycles. The van der Waals surface area contributed by atoms with Crippen LogP contribution in [0.2, 0.25) is 0 Å². The Morgan fingerprint density at radius 3 is 2.68 bits per heavy atom. The Balaban J connectivity index is 1.18. The van der Waals surface area contributed by atoms with Crippen molar-refractivity contribution in [2.45, 2.75) is 25.4 Å². The zero-order valence-electron chi connectivity index (χ0n) is 24.9. The van der Waals surface area contributed by atoms with Crippen LogP contribution in [0.25, 0.3) is 33.2 Å². The van der Waals surface area contributed by atoms with Gasteiger partial charge in [0.05, 0.1) is 17.6 Å². The lowest BCUT2D eigenvalue weighted by Gasteiger charge is -2.35. The van der Waals surface area contributed by atoms with Gasteiger partial charge in [0.15, 0.2) is 17.1 Å². The largest absolute Gasteiger partial charge is 0.453 e. The fourth-order valence-corrected chi connectivity index (χ4v) is 6.75. The van der Waals surface area contributed by atoms with Crippen LogP contribution in [0.1, 0.15) is 23.3 Å². The van der Waals surface area contributed by atoms with Crippen LogP contribution >= 0.6 is 15.9 Å². The SMILES string of the molecule is CN(C)C1CCN(CCn2nc(-c3ccc(NC(=O)c4cc5c(Br)cccc5n4C)c4c3OCO4)c3c(N)ncnc32)CC1. The summed E-state index contributed by atoms with van der Waals surface area (Å²) >= 11 is 3.58. The number of fused-ring (bicyclic) bond motifs is 3. The quantitative estimate of drug-likeness (QED) is 0.262. The van der Waals surface area contributed by atoms with Gasteiger partial charge in [0, 0.05) is 40.6 Å². The van der Waals surface area contributed by atoms with Crippen LogP contribution in [-0.2, 0) is 13.6 Å². The monoisotopic (exact) mass is 659 g/mol. The van der Waals surface area contributed by atoms with Crippen molar-refractivity contribution < 1.29 is 14.3 Å². The molecular weight excluding hydrogens is 626 g/mol. The first-order valence-corrected chi connectivity index (χ1v) is 15.4. The number of likely N-dealkylation sites (tertiary alicyclic amines) is 1. The van der Waals surface area contributed by atoms with Crippen LogP contribution in [-0.4, -0.2) is 86.6 Å². The molecule has 5 aromatic rings. The Morgan fingerprint density at radius 1 is 1.11 bits per heavy atom. The number of benzene rings is 2. The third kappa shape index (κ3) is 4.94. The van der Waals surface area contributed by atoms with Gasteiger partial charge in [-0.2, -0.15) is 5.10 Å². The molecule has 3 aromatic heterocycles. The first-order chi connectivity index (χ1) is 21.3. The van der Waals surface area contributed by atoms with Gasteiger partial charge in [0.2, 0.25) is 6.79 Å². The molecule has 5 heterocycles. The van der Waals surface area contributed by atoms with Gasteiger partial charge < -0.3 is 34.9 Å².